The Bertz CT molecular complexity index is 348. The third-order valence-electron chi connectivity index (χ3n) is 2.77. The van der Waals surface area contributed by atoms with Crippen molar-refractivity contribution < 1.29 is 9.84 Å². The Balaban J connectivity index is 2.10. The molecule has 0 amide bonds. The zero-order chi connectivity index (χ0) is 14.1. The van der Waals surface area contributed by atoms with E-state index in [1.807, 2.05) is 36.0 Å². The van der Waals surface area contributed by atoms with Crippen molar-refractivity contribution >= 4 is 27.7 Å². The largest absolute Gasteiger partial charge is 0.491 e. The van der Waals surface area contributed by atoms with Crippen LogP contribution in [0.1, 0.15) is 13.3 Å². The Kier molecular flexibility index (Phi) is 8.53. The Morgan fingerprint density at radius 2 is 2.05 bits per heavy atom. The van der Waals surface area contributed by atoms with Gasteiger partial charge in [0.2, 0.25) is 0 Å². The van der Waals surface area contributed by atoms with Crippen molar-refractivity contribution in [2.24, 2.45) is 0 Å². The number of thioether (sulfide) groups is 1. The zero-order valence-corrected chi connectivity index (χ0v) is 13.8. The van der Waals surface area contributed by atoms with Gasteiger partial charge in [-0.1, -0.05) is 22.9 Å². The number of nitrogens with one attached hydrogen (secondary N) is 1. The van der Waals surface area contributed by atoms with Crippen LogP contribution in [-0.2, 0) is 0 Å². The first-order chi connectivity index (χ1) is 9.11. The second-order valence-electron chi connectivity index (χ2n) is 4.46. The summed E-state index contributed by atoms with van der Waals surface area (Å²) in [6.45, 7) is 4.01. The molecule has 1 aromatic rings. The molecule has 19 heavy (non-hydrogen) atoms. The molecule has 0 radical (unpaired) electrons. The Morgan fingerprint density at radius 1 is 1.37 bits per heavy atom. The van der Waals surface area contributed by atoms with Gasteiger partial charge in [-0.25, -0.2) is 0 Å². The van der Waals surface area contributed by atoms with Gasteiger partial charge in [-0.2, -0.15) is 11.8 Å². The maximum absolute atomic E-state index is 9.79. The summed E-state index contributed by atoms with van der Waals surface area (Å²) in [5.41, 5.74) is 0. The molecule has 2 atom stereocenters. The second kappa shape index (κ2) is 9.64. The topological polar surface area (TPSA) is 41.5 Å². The van der Waals surface area contributed by atoms with Gasteiger partial charge >= 0.3 is 0 Å². The quantitative estimate of drug-likeness (QED) is 0.674. The molecular weight excluding hydrogens is 326 g/mol. The smallest absolute Gasteiger partial charge is 0.119 e. The highest BCUT2D eigenvalue weighted by atomic mass is 79.9. The third-order valence-corrected chi connectivity index (χ3v) is 4.34. The molecule has 0 aliphatic carbocycles. The average Bonchev–Trinajstić information content (AvgIpc) is 2.42. The van der Waals surface area contributed by atoms with E-state index in [0.29, 0.717) is 18.4 Å². The van der Waals surface area contributed by atoms with E-state index in [9.17, 15) is 5.11 Å². The van der Waals surface area contributed by atoms with Gasteiger partial charge in [-0.05, 0) is 43.5 Å². The predicted molar refractivity (Wildman–Crippen MR) is 86.1 cm³/mol. The maximum atomic E-state index is 9.79. The van der Waals surface area contributed by atoms with Crippen LogP contribution in [0.3, 0.4) is 0 Å². The summed E-state index contributed by atoms with van der Waals surface area (Å²) in [5.74, 6) is 0.776. The van der Waals surface area contributed by atoms with E-state index < -0.39 is 6.10 Å². The molecule has 108 valence electrons. The SMILES string of the molecule is CSC(C)CCNCC(O)COc1ccc(Br)cc1. The van der Waals surface area contributed by atoms with Gasteiger partial charge in [0, 0.05) is 16.3 Å². The fraction of sp³-hybridized carbons (Fsp3) is 0.571. The predicted octanol–water partition coefficient (Wildman–Crippen LogP) is 2.92. The Hall–Kier alpha value is -0.230. The lowest BCUT2D eigenvalue weighted by atomic mass is 10.3. The fourth-order valence-electron chi connectivity index (χ4n) is 1.47. The third kappa shape index (κ3) is 7.82. The highest BCUT2D eigenvalue weighted by Crippen LogP contribution is 2.16. The number of hydrogen-bond donors (Lipinski definition) is 2. The first-order valence-corrected chi connectivity index (χ1v) is 8.50. The van der Waals surface area contributed by atoms with Gasteiger partial charge in [0.1, 0.15) is 18.5 Å². The zero-order valence-electron chi connectivity index (χ0n) is 11.4. The van der Waals surface area contributed by atoms with Crippen LogP contribution >= 0.6 is 27.7 Å². The van der Waals surface area contributed by atoms with Crippen molar-refractivity contribution in [3.8, 4) is 5.75 Å². The van der Waals surface area contributed by atoms with Crippen LogP contribution in [0.5, 0.6) is 5.75 Å². The van der Waals surface area contributed by atoms with E-state index >= 15 is 0 Å². The number of halogens is 1. The molecule has 1 aromatic carbocycles. The molecule has 1 rings (SSSR count). The molecule has 0 aliphatic rings. The van der Waals surface area contributed by atoms with E-state index in [2.05, 4.69) is 34.4 Å². The normalized spacial score (nSPS) is 14.1. The number of ether oxygens (including phenoxy) is 1. The van der Waals surface area contributed by atoms with Crippen LogP contribution in [-0.4, -0.2) is 42.4 Å². The Labute approximate surface area is 128 Å². The van der Waals surface area contributed by atoms with Crippen LogP contribution in [0.2, 0.25) is 0 Å². The van der Waals surface area contributed by atoms with Crippen LogP contribution in [0.4, 0.5) is 0 Å². The maximum Gasteiger partial charge on any atom is 0.119 e. The number of aliphatic hydroxyl groups is 1. The molecule has 0 saturated carbocycles. The first-order valence-electron chi connectivity index (χ1n) is 6.41. The highest BCUT2D eigenvalue weighted by Gasteiger charge is 2.05. The summed E-state index contributed by atoms with van der Waals surface area (Å²) in [4.78, 5) is 0. The van der Waals surface area contributed by atoms with Crippen LogP contribution in [0.25, 0.3) is 0 Å². The second-order valence-corrected chi connectivity index (χ2v) is 6.65. The number of aliphatic hydroxyl groups excluding tert-OH is 1. The van der Waals surface area contributed by atoms with Gasteiger partial charge in [-0.15, -0.1) is 0 Å². The molecule has 3 nitrogen and oxygen atoms in total. The van der Waals surface area contributed by atoms with E-state index in [4.69, 9.17) is 4.74 Å². The minimum absolute atomic E-state index is 0.312. The van der Waals surface area contributed by atoms with E-state index in [-0.39, 0.29) is 0 Å². The number of hydrogen-bond acceptors (Lipinski definition) is 4. The van der Waals surface area contributed by atoms with Crippen molar-refractivity contribution in [2.75, 3.05) is 26.0 Å². The lowest BCUT2D eigenvalue weighted by Crippen LogP contribution is -2.32. The van der Waals surface area contributed by atoms with E-state index in [1.54, 1.807) is 0 Å². The molecule has 0 fully saturated rings. The van der Waals surface area contributed by atoms with E-state index in [1.165, 1.54) is 0 Å². The van der Waals surface area contributed by atoms with Crippen molar-refractivity contribution in [1.29, 1.82) is 0 Å². The number of rotatable bonds is 9. The van der Waals surface area contributed by atoms with Crippen molar-refractivity contribution in [2.45, 2.75) is 24.7 Å². The summed E-state index contributed by atoms with van der Waals surface area (Å²) in [7, 11) is 0. The summed E-state index contributed by atoms with van der Waals surface area (Å²) < 4.78 is 6.53. The molecule has 0 heterocycles. The highest BCUT2D eigenvalue weighted by molar-refractivity contribution is 9.10. The molecule has 0 aromatic heterocycles. The van der Waals surface area contributed by atoms with Crippen molar-refractivity contribution in [3.05, 3.63) is 28.7 Å². The summed E-state index contributed by atoms with van der Waals surface area (Å²) >= 11 is 5.23. The monoisotopic (exact) mass is 347 g/mol. The van der Waals surface area contributed by atoms with Gasteiger partial charge in [0.05, 0.1) is 0 Å². The lowest BCUT2D eigenvalue weighted by Gasteiger charge is -2.14. The van der Waals surface area contributed by atoms with Crippen LogP contribution in [0, 0.1) is 0 Å². The standard InChI is InChI=1S/C14H22BrNO2S/c1-11(19-2)7-8-16-9-13(17)10-18-14-5-3-12(15)4-6-14/h3-6,11,13,16-17H,7-10H2,1-2H3. The van der Waals surface area contributed by atoms with Gasteiger partial charge in [-0.3, -0.25) is 0 Å². The molecule has 0 spiro atoms. The molecule has 0 saturated heterocycles. The molecule has 0 aliphatic heterocycles. The van der Waals surface area contributed by atoms with Crippen LogP contribution < -0.4 is 10.1 Å². The summed E-state index contributed by atoms with van der Waals surface area (Å²) in [6.07, 6.45) is 2.75. The van der Waals surface area contributed by atoms with Gasteiger partial charge in [0.15, 0.2) is 0 Å². The molecular formula is C14H22BrNO2S. The first kappa shape index (κ1) is 16.8. The fourth-order valence-corrected chi connectivity index (χ4v) is 2.09. The molecule has 5 heteroatoms. The van der Waals surface area contributed by atoms with E-state index in [0.717, 1.165) is 23.2 Å². The van der Waals surface area contributed by atoms with Gasteiger partial charge < -0.3 is 15.2 Å². The summed E-state index contributed by atoms with van der Waals surface area (Å²) in [5, 5.41) is 13.7. The minimum Gasteiger partial charge on any atom is -0.491 e. The van der Waals surface area contributed by atoms with Crippen molar-refractivity contribution in [3.63, 3.8) is 0 Å². The summed E-state index contributed by atoms with van der Waals surface area (Å²) in [6, 6.07) is 7.60. The lowest BCUT2D eigenvalue weighted by molar-refractivity contribution is 0.106. The average molecular weight is 348 g/mol. The molecule has 2 unspecified atom stereocenters. The number of benzene rings is 1. The van der Waals surface area contributed by atoms with Crippen molar-refractivity contribution in [1.82, 2.24) is 5.32 Å². The molecule has 0 bridgehead atoms. The molecule has 2 N–H and O–H groups in total. The van der Waals surface area contributed by atoms with Crippen LogP contribution in [0.15, 0.2) is 28.7 Å². The minimum atomic E-state index is -0.478. The Morgan fingerprint density at radius 3 is 2.68 bits per heavy atom. The van der Waals surface area contributed by atoms with Gasteiger partial charge in [0.25, 0.3) is 0 Å².